The van der Waals surface area contributed by atoms with Gasteiger partial charge in [0.25, 0.3) is 0 Å². The Hall–Kier alpha value is -0.120. The Morgan fingerprint density at radius 3 is 2.80 bits per heavy atom. The Balaban J connectivity index is 2.74. The zero-order valence-corrected chi connectivity index (χ0v) is 10.8. The van der Waals surface area contributed by atoms with Crippen molar-refractivity contribution >= 4 is 27.5 Å². The average molecular weight is 296 g/mol. The molecule has 0 saturated heterocycles. The van der Waals surface area contributed by atoms with Crippen LogP contribution in [0, 0.1) is 5.82 Å². The van der Waals surface area contributed by atoms with Gasteiger partial charge in [0.15, 0.2) is 0 Å². The molecule has 0 spiro atoms. The maximum Gasteiger partial charge on any atom is 0.146 e. The number of halogens is 3. The van der Waals surface area contributed by atoms with E-state index in [4.69, 9.17) is 11.6 Å². The lowest BCUT2D eigenvalue weighted by atomic mass is 10.1. The largest absolute Gasteiger partial charge is 0.393 e. The molecule has 0 fully saturated rings. The molecular formula is C11H13BrClFO. The third-order valence-electron chi connectivity index (χ3n) is 2.33. The van der Waals surface area contributed by atoms with Crippen LogP contribution in [-0.4, -0.2) is 11.2 Å². The van der Waals surface area contributed by atoms with Crippen molar-refractivity contribution in [2.24, 2.45) is 0 Å². The van der Waals surface area contributed by atoms with Crippen molar-refractivity contribution in [3.05, 3.63) is 33.0 Å². The summed E-state index contributed by atoms with van der Waals surface area (Å²) < 4.78 is 14.1. The first-order valence-corrected chi connectivity index (χ1v) is 6.03. The van der Waals surface area contributed by atoms with Gasteiger partial charge in [0.2, 0.25) is 0 Å². The van der Waals surface area contributed by atoms with E-state index >= 15 is 0 Å². The molecule has 1 N–H and O–H groups in total. The summed E-state index contributed by atoms with van der Waals surface area (Å²) in [6, 6.07) is 3.41. The minimum atomic E-state index is -0.394. The zero-order valence-electron chi connectivity index (χ0n) is 8.43. The summed E-state index contributed by atoms with van der Waals surface area (Å²) in [6.45, 7) is 1.90. The van der Waals surface area contributed by atoms with E-state index in [1.54, 1.807) is 12.1 Å². The van der Waals surface area contributed by atoms with Gasteiger partial charge < -0.3 is 5.11 Å². The lowest BCUT2D eigenvalue weighted by molar-refractivity contribution is 0.160. The standard InChI is InChI=1S/C11H13BrClFO/c1-2-8(15)5-3-7-4-6-9(12)10(13)11(7)14/h4,6,8,15H,2-3,5H2,1H3. The molecule has 1 nitrogen and oxygen atoms in total. The van der Waals surface area contributed by atoms with Crippen LogP contribution in [0.2, 0.25) is 5.02 Å². The molecule has 1 atom stereocenters. The highest BCUT2D eigenvalue weighted by Crippen LogP contribution is 2.28. The summed E-state index contributed by atoms with van der Waals surface area (Å²) in [5, 5.41) is 9.48. The number of hydrogen-bond acceptors (Lipinski definition) is 1. The molecule has 0 aromatic heterocycles. The Morgan fingerprint density at radius 1 is 1.53 bits per heavy atom. The maximum absolute atomic E-state index is 13.6. The van der Waals surface area contributed by atoms with Crippen LogP contribution in [0.15, 0.2) is 16.6 Å². The highest BCUT2D eigenvalue weighted by Gasteiger charge is 2.11. The summed E-state index contributed by atoms with van der Waals surface area (Å²) in [4.78, 5) is 0. The van der Waals surface area contributed by atoms with E-state index in [1.165, 1.54) is 0 Å². The van der Waals surface area contributed by atoms with Gasteiger partial charge in [-0.3, -0.25) is 0 Å². The van der Waals surface area contributed by atoms with Crippen molar-refractivity contribution in [3.63, 3.8) is 0 Å². The quantitative estimate of drug-likeness (QED) is 0.834. The van der Waals surface area contributed by atoms with E-state index in [1.807, 2.05) is 6.92 Å². The van der Waals surface area contributed by atoms with Crippen molar-refractivity contribution in [2.45, 2.75) is 32.3 Å². The van der Waals surface area contributed by atoms with Gasteiger partial charge in [-0.15, -0.1) is 0 Å². The summed E-state index contributed by atoms with van der Waals surface area (Å²) in [7, 11) is 0. The highest BCUT2D eigenvalue weighted by atomic mass is 79.9. The van der Waals surface area contributed by atoms with E-state index in [-0.39, 0.29) is 11.1 Å². The summed E-state index contributed by atoms with van der Waals surface area (Å²) in [6.07, 6.45) is 1.39. The first-order valence-electron chi connectivity index (χ1n) is 4.86. The van der Waals surface area contributed by atoms with Crippen molar-refractivity contribution < 1.29 is 9.50 Å². The molecule has 1 unspecified atom stereocenters. The minimum Gasteiger partial charge on any atom is -0.393 e. The fourth-order valence-electron chi connectivity index (χ4n) is 1.29. The highest BCUT2D eigenvalue weighted by molar-refractivity contribution is 9.10. The van der Waals surface area contributed by atoms with Gasteiger partial charge in [-0.2, -0.15) is 0 Å². The lowest BCUT2D eigenvalue weighted by Crippen LogP contribution is -2.06. The predicted molar refractivity (Wildman–Crippen MR) is 63.7 cm³/mol. The summed E-state index contributed by atoms with van der Waals surface area (Å²) in [5.41, 5.74) is 0.552. The molecule has 1 aromatic rings. The third-order valence-corrected chi connectivity index (χ3v) is 3.59. The minimum absolute atomic E-state index is 0.110. The Labute approximate surface area is 102 Å². The molecule has 4 heteroatoms. The first kappa shape index (κ1) is 12.9. The topological polar surface area (TPSA) is 20.2 Å². The van der Waals surface area contributed by atoms with E-state index in [0.29, 0.717) is 29.3 Å². The van der Waals surface area contributed by atoms with Crippen molar-refractivity contribution in [1.29, 1.82) is 0 Å². The van der Waals surface area contributed by atoms with Gasteiger partial charge in [0.05, 0.1) is 11.1 Å². The zero-order chi connectivity index (χ0) is 11.4. The molecule has 0 saturated carbocycles. The number of aliphatic hydroxyl groups is 1. The van der Waals surface area contributed by atoms with E-state index in [0.717, 1.165) is 0 Å². The van der Waals surface area contributed by atoms with Gasteiger partial charge in [-0.05, 0) is 46.8 Å². The van der Waals surface area contributed by atoms with Gasteiger partial charge >= 0.3 is 0 Å². The van der Waals surface area contributed by atoms with E-state index in [2.05, 4.69) is 15.9 Å². The van der Waals surface area contributed by atoms with E-state index in [9.17, 15) is 9.50 Å². The van der Waals surface area contributed by atoms with Crippen LogP contribution in [0.4, 0.5) is 4.39 Å². The molecule has 0 amide bonds. The third kappa shape index (κ3) is 3.44. The molecule has 1 aromatic carbocycles. The fraction of sp³-hybridized carbons (Fsp3) is 0.455. The molecule has 0 aliphatic heterocycles. The molecule has 0 radical (unpaired) electrons. The second-order valence-electron chi connectivity index (χ2n) is 3.44. The molecule has 84 valence electrons. The fourth-order valence-corrected chi connectivity index (χ4v) is 1.78. The lowest BCUT2D eigenvalue weighted by Gasteiger charge is -2.09. The van der Waals surface area contributed by atoms with Crippen LogP contribution >= 0.6 is 27.5 Å². The van der Waals surface area contributed by atoms with Crippen LogP contribution in [0.1, 0.15) is 25.3 Å². The number of benzene rings is 1. The Bertz CT molecular complexity index is 344. The first-order chi connectivity index (χ1) is 7.06. The monoisotopic (exact) mass is 294 g/mol. The number of hydrogen-bond donors (Lipinski definition) is 1. The number of aliphatic hydroxyl groups excluding tert-OH is 1. The molecule has 15 heavy (non-hydrogen) atoms. The van der Waals surface area contributed by atoms with E-state index < -0.39 is 5.82 Å². The molecule has 0 aliphatic carbocycles. The molecule has 0 heterocycles. The normalized spacial score (nSPS) is 12.9. The van der Waals surface area contributed by atoms with Crippen molar-refractivity contribution in [2.75, 3.05) is 0 Å². The smallest absolute Gasteiger partial charge is 0.146 e. The molecule has 0 aliphatic rings. The van der Waals surface area contributed by atoms with Gasteiger partial charge in [0, 0.05) is 4.47 Å². The second kappa shape index (κ2) is 5.83. The average Bonchev–Trinajstić information content (AvgIpc) is 2.24. The van der Waals surface area contributed by atoms with Crippen LogP contribution < -0.4 is 0 Å². The van der Waals surface area contributed by atoms with Crippen molar-refractivity contribution in [1.82, 2.24) is 0 Å². The number of rotatable bonds is 4. The van der Waals surface area contributed by atoms with Crippen molar-refractivity contribution in [3.8, 4) is 0 Å². The van der Waals surface area contributed by atoms with Crippen LogP contribution in [0.25, 0.3) is 0 Å². The number of aryl methyl sites for hydroxylation is 1. The summed E-state index contributed by atoms with van der Waals surface area (Å²) >= 11 is 8.90. The van der Waals surface area contributed by atoms with Gasteiger partial charge in [-0.1, -0.05) is 24.6 Å². The van der Waals surface area contributed by atoms with Gasteiger partial charge in [0.1, 0.15) is 5.82 Å². The summed E-state index contributed by atoms with van der Waals surface area (Å²) in [5.74, 6) is -0.394. The van der Waals surface area contributed by atoms with Gasteiger partial charge in [-0.25, -0.2) is 4.39 Å². The molecule has 0 bridgehead atoms. The van der Waals surface area contributed by atoms with Crippen LogP contribution in [-0.2, 0) is 6.42 Å². The second-order valence-corrected chi connectivity index (χ2v) is 4.67. The molecule has 1 rings (SSSR count). The SMILES string of the molecule is CCC(O)CCc1ccc(Br)c(Cl)c1F. The Kier molecular flexibility index (Phi) is 5.03. The predicted octanol–water partition coefficient (Wildman–Crippen LogP) is 3.95. The molecular weight excluding hydrogens is 282 g/mol. The maximum atomic E-state index is 13.6. The Morgan fingerprint density at radius 2 is 2.20 bits per heavy atom. The van der Waals surface area contributed by atoms with Crippen LogP contribution in [0.5, 0.6) is 0 Å². The van der Waals surface area contributed by atoms with Crippen LogP contribution in [0.3, 0.4) is 0 Å².